The molecule has 2 fully saturated rings. The predicted molar refractivity (Wildman–Crippen MR) is 101 cm³/mol. The van der Waals surface area contributed by atoms with Crippen molar-refractivity contribution in [1.29, 1.82) is 0 Å². The Bertz CT molecular complexity index is 604. The van der Waals surface area contributed by atoms with Crippen molar-refractivity contribution in [2.45, 2.75) is 38.3 Å². The molecule has 7 heteroatoms. The van der Waals surface area contributed by atoms with E-state index in [1.807, 2.05) is 24.3 Å². The number of primary amides is 1. The molecule has 25 heavy (non-hydrogen) atoms. The Labute approximate surface area is 154 Å². The zero-order valence-corrected chi connectivity index (χ0v) is 15.2. The first-order valence-corrected chi connectivity index (χ1v) is 8.77. The van der Waals surface area contributed by atoms with E-state index in [4.69, 9.17) is 5.73 Å². The lowest BCUT2D eigenvalue weighted by molar-refractivity contribution is -0.122. The van der Waals surface area contributed by atoms with Gasteiger partial charge in [-0.3, -0.25) is 14.5 Å². The Balaban J connectivity index is 0.00000225. The van der Waals surface area contributed by atoms with Gasteiger partial charge in [-0.25, -0.2) is 0 Å². The van der Waals surface area contributed by atoms with Gasteiger partial charge in [-0.2, -0.15) is 0 Å². The van der Waals surface area contributed by atoms with Gasteiger partial charge in [-0.05, 0) is 63.0 Å². The van der Waals surface area contributed by atoms with E-state index in [-0.39, 0.29) is 36.2 Å². The van der Waals surface area contributed by atoms with Crippen molar-refractivity contribution in [1.82, 2.24) is 10.2 Å². The van der Waals surface area contributed by atoms with Crippen LogP contribution in [0.15, 0.2) is 24.3 Å². The van der Waals surface area contributed by atoms with E-state index >= 15 is 0 Å². The molecule has 2 amide bonds. The van der Waals surface area contributed by atoms with Gasteiger partial charge >= 0.3 is 0 Å². The van der Waals surface area contributed by atoms with Crippen molar-refractivity contribution in [3.63, 3.8) is 0 Å². The molecule has 4 N–H and O–H groups in total. The maximum atomic E-state index is 12.4. The number of piperidine rings is 1. The molecule has 2 aliphatic rings. The number of halogens is 1. The minimum Gasteiger partial charge on any atom is -0.368 e. The van der Waals surface area contributed by atoms with Crippen molar-refractivity contribution >= 4 is 29.9 Å². The second kappa shape index (κ2) is 9.17. The summed E-state index contributed by atoms with van der Waals surface area (Å²) in [6, 6.07) is 7.71. The van der Waals surface area contributed by atoms with Crippen LogP contribution in [0.3, 0.4) is 0 Å². The molecule has 2 heterocycles. The van der Waals surface area contributed by atoms with Crippen molar-refractivity contribution in [3.8, 4) is 0 Å². The molecule has 0 aliphatic carbocycles. The molecule has 0 aromatic heterocycles. The minimum absolute atomic E-state index is 0. The molecule has 3 rings (SSSR count). The van der Waals surface area contributed by atoms with E-state index in [1.54, 1.807) is 0 Å². The second-order valence-corrected chi connectivity index (χ2v) is 6.74. The molecule has 138 valence electrons. The number of nitrogens with one attached hydrogen (secondary N) is 2. The third-order valence-electron chi connectivity index (χ3n) is 4.98. The van der Waals surface area contributed by atoms with Gasteiger partial charge in [0.15, 0.2) is 0 Å². The number of nitrogens with two attached hydrogens (primary N) is 1. The quantitative estimate of drug-likeness (QED) is 0.736. The van der Waals surface area contributed by atoms with Gasteiger partial charge in [-0.15, -0.1) is 12.4 Å². The summed E-state index contributed by atoms with van der Waals surface area (Å²) in [5.41, 5.74) is 7.39. The Morgan fingerprint density at radius 3 is 2.72 bits per heavy atom. The van der Waals surface area contributed by atoms with E-state index in [0.29, 0.717) is 6.54 Å². The lowest BCUT2D eigenvalue weighted by atomic mass is 9.97. The van der Waals surface area contributed by atoms with Crippen LogP contribution in [0.4, 0.5) is 5.69 Å². The fourth-order valence-corrected chi connectivity index (χ4v) is 3.65. The van der Waals surface area contributed by atoms with Crippen molar-refractivity contribution in [2.75, 3.05) is 25.0 Å². The molecule has 1 unspecified atom stereocenters. The molecule has 0 saturated carbocycles. The van der Waals surface area contributed by atoms with Gasteiger partial charge < -0.3 is 16.4 Å². The molecule has 6 nitrogen and oxygen atoms in total. The summed E-state index contributed by atoms with van der Waals surface area (Å²) in [7, 11) is 0. The number of nitrogens with zero attached hydrogens (tertiary/aromatic N) is 1. The maximum Gasteiger partial charge on any atom is 0.234 e. The number of hydrogen-bond donors (Lipinski definition) is 3. The first-order valence-electron chi connectivity index (χ1n) is 8.77. The SMILES string of the molecule is Cl.NC(=O)C1CCCN1Cc1cccc(NC(=O)C2CCNCC2)c1. The van der Waals surface area contributed by atoms with Crippen molar-refractivity contribution < 1.29 is 9.59 Å². The van der Waals surface area contributed by atoms with Gasteiger partial charge in [0.1, 0.15) is 0 Å². The summed E-state index contributed by atoms with van der Waals surface area (Å²) >= 11 is 0. The fourth-order valence-electron chi connectivity index (χ4n) is 3.65. The number of carbonyl (C=O) groups is 2. The van der Waals surface area contributed by atoms with Crippen LogP contribution in [0.1, 0.15) is 31.2 Å². The Morgan fingerprint density at radius 2 is 2.00 bits per heavy atom. The molecular weight excluding hydrogens is 340 g/mol. The number of benzene rings is 1. The smallest absolute Gasteiger partial charge is 0.234 e. The normalized spacial score (nSPS) is 21.5. The Morgan fingerprint density at radius 1 is 1.24 bits per heavy atom. The predicted octanol–water partition coefficient (Wildman–Crippen LogP) is 1.50. The first kappa shape index (κ1) is 19.7. The minimum atomic E-state index is -0.247. The lowest BCUT2D eigenvalue weighted by Gasteiger charge is -2.23. The molecule has 1 aromatic carbocycles. The van der Waals surface area contributed by atoms with Gasteiger partial charge in [-0.1, -0.05) is 12.1 Å². The standard InChI is InChI=1S/C18H26N4O2.ClH/c19-17(23)16-5-2-10-22(16)12-13-3-1-4-15(11-13)21-18(24)14-6-8-20-9-7-14;/h1,3-4,11,14,16,20H,2,5-10,12H2,(H2,19,23)(H,21,24);1H. The van der Waals surface area contributed by atoms with E-state index in [2.05, 4.69) is 15.5 Å². The monoisotopic (exact) mass is 366 g/mol. The highest BCUT2D eigenvalue weighted by atomic mass is 35.5. The zero-order valence-electron chi connectivity index (χ0n) is 14.4. The summed E-state index contributed by atoms with van der Waals surface area (Å²) in [6.45, 7) is 3.38. The van der Waals surface area contributed by atoms with Crippen LogP contribution in [0.5, 0.6) is 0 Å². The lowest BCUT2D eigenvalue weighted by Crippen LogP contribution is -2.39. The molecule has 0 bridgehead atoms. The molecule has 1 atom stereocenters. The summed E-state index contributed by atoms with van der Waals surface area (Å²) in [4.78, 5) is 26.0. The zero-order chi connectivity index (χ0) is 16.9. The van der Waals surface area contributed by atoms with Crippen molar-refractivity contribution in [3.05, 3.63) is 29.8 Å². The van der Waals surface area contributed by atoms with Crippen LogP contribution < -0.4 is 16.4 Å². The van der Waals surface area contributed by atoms with Crippen LogP contribution >= 0.6 is 12.4 Å². The molecule has 2 aliphatic heterocycles. The highest BCUT2D eigenvalue weighted by Crippen LogP contribution is 2.22. The average molecular weight is 367 g/mol. The van der Waals surface area contributed by atoms with Gasteiger partial charge in [0.05, 0.1) is 6.04 Å². The van der Waals surface area contributed by atoms with Gasteiger partial charge in [0.25, 0.3) is 0 Å². The Hall–Kier alpha value is -1.63. The number of likely N-dealkylation sites (tertiary alicyclic amines) is 1. The van der Waals surface area contributed by atoms with E-state index < -0.39 is 0 Å². The maximum absolute atomic E-state index is 12.4. The molecule has 0 radical (unpaired) electrons. The van der Waals surface area contributed by atoms with Gasteiger partial charge in [0, 0.05) is 18.2 Å². The van der Waals surface area contributed by atoms with Gasteiger partial charge in [0.2, 0.25) is 11.8 Å². The highest BCUT2D eigenvalue weighted by Gasteiger charge is 2.28. The average Bonchev–Trinajstić information content (AvgIpc) is 3.04. The number of hydrogen-bond acceptors (Lipinski definition) is 4. The largest absolute Gasteiger partial charge is 0.368 e. The number of rotatable bonds is 5. The van der Waals surface area contributed by atoms with Crippen LogP contribution in [-0.4, -0.2) is 42.4 Å². The summed E-state index contributed by atoms with van der Waals surface area (Å²) < 4.78 is 0. The molecule has 2 saturated heterocycles. The molecule has 1 aromatic rings. The van der Waals surface area contributed by atoms with Crippen LogP contribution in [-0.2, 0) is 16.1 Å². The topological polar surface area (TPSA) is 87.5 Å². The van der Waals surface area contributed by atoms with Crippen LogP contribution in [0.2, 0.25) is 0 Å². The Kier molecular flexibility index (Phi) is 7.23. The van der Waals surface area contributed by atoms with Crippen molar-refractivity contribution in [2.24, 2.45) is 11.7 Å². The molecule has 0 spiro atoms. The number of anilines is 1. The van der Waals surface area contributed by atoms with E-state index in [1.165, 1.54) is 0 Å². The van der Waals surface area contributed by atoms with E-state index in [9.17, 15) is 9.59 Å². The van der Waals surface area contributed by atoms with Crippen LogP contribution in [0, 0.1) is 5.92 Å². The first-order chi connectivity index (χ1) is 11.6. The third kappa shape index (κ3) is 5.17. The fraction of sp³-hybridized carbons (Fsp3) is 0.556. The molecular formula is C18H27ClN4O2. The van der Waals surface area contributed by atoms with E-state index in [0.717, 1.165) is 56.6 Å². The summed E-state index contributed by atoms with van der Waals surface area (Å²) in [5.74, 6) is -0.0552. The number of amides is 2. The highest BCUT2D eigenvalue weighted by molar-refractivity contribution is 5.92. The summed E-state index contributed by atoms with van der Waals surface area (Å²) in [5, 5.41) is 6.31. The summed E-state index contributed by atoms with van der Waals surface area (Å²) in [6.07, 6.45) is 3.61. The van der Waals surface area contributed by atoms with Crippen LogP contribution in [0.25, 0.3) is 0 Å². The number of carbonyl (C=O) groups excluding carboxylic acids is 2. The third-order valence-corrected chi connectivity index (χ3v) is 4.98. The second-order valence-electron chi connectivity index (χ2n) is 6.74.